The second kappa shape index (κ2) is 6.44. The molecule has 1 aliphatic heterocycles. The molecule has 0 aromatic heterocycles. The van der Waals surface area contributed by atoms with E-state index in [2.05, 4.69) is 64.5 Å². The second-order valence-corrected chi connectivity index (χ2v) is 5.95. The number of amides is 1. The normalized spacial score (nSPS) is 18.0. The number of halogens is 1. The number of hydrogen-bond donors (Lipinski definition) is 0. The fourth-order valence-electron chi connectivity index (χ4n) is 3.05. The molecule has 0 aliphatic carbocycles. The van der Waals surface area contributed by atoms with E-state index in [1.165, 1.54) is 16.7 Å². The molecule has 0 radical (unpaired) electrons. The molecule has 2 aromatic carbocycles. The highest BCUT2D eigenvalue weighted by Gasteiger charge is 2.26. The third-order valence-corrected chi connectivity index (χ3v) is 4.63. The van der Waals surface area contributed by atoms with E-state index in [1.54, 1.807) is 0 Å². The van der Waals surface area contributed by atoms with E-state index in [-0.39, 0.29) is 11.8 Å². The highest BCUT2D eigenvalue weighted by atomic mass is 79.9. The lowest BCUT2D eigenvalue weighted by Gasteiger charge is -2.25. The zero-order valence-corrected chi connectivity index (χ0v) is 13.4. The minimum atomic E-state index is 0.170. The topological polar surface area (TPSA) is 20.3 Å². The van der Waals surface area contributed by atoms with E-state index in [4.69, 9.17) is 0 Å². The first-order valence-corrected chi connectivity index (χ1v) is 8.38. The summed E-state index contributed by atoms with van der Waals surface area (Å²) in [7, 11) is 0. The number of carbonyl (C=O) groups is 1. The molecule has 0 unspecified atom stereocenters. The molecule has 2 aromatic rings. The number of hydrogen-bond acceptors (Lipinski definition) is 1. The average molecular weight is 344 g/mol. The molecule has 0 spiro atoms. The van der Waals surface area contributed by atoms with Gasteiger partial charge in [-0.3, -0.25) is 4.79 Å². The van der Waals surface area contributed by atoms with Gasteiger partial charge in [-0.15, -0.1) is 0 Å². The van der Waals surface area contributed by atoms with Gasteiger partial charge in [-0.2, -0.15) is 0 Å². The van der Waals surface area contributed by atoms with E-state index >= 15 is 0 Å². The largest absolute Gasteiger partial charge is 0.341 e. The fourth-order valence-corrected chi connectivity index (χ4v) is 3.40. The van der Waals surface area contributed by atoms with Gasteiger partial charge in [0, 0.05) is 19.0 Å². The van der Waals surface area contributed by atoms with Crippen molar-refractivity contribution in [3.63, 3.8) is 0 Å². The summed E-state index contributed by atoms with van der Waals surface area (Å²) in [6.45, 7) is 1.55. The first kappa shape index (κ1) is 14.3. The number of benzene rings is 2. The maximum atomic E-state index is 12.1. The van der Waals surface area contributed by atoms with Crippen molar-refractivity contribution in [2.24, 2.45) is 0 Å². The smallest absolute Gasteiger partial charge is 0.233 e. The van der Waals surface area contributed by atoms with Gasteiger partial charge in [-0.05, 0) is 23.1 Å². The molecular formula is C18H18BrNO. The van der Waals surface area contributed by atoms with Crippen LogP contribution in [0.25, 0.3) is 0 Å². The maximum absolute atomic E-state index is 12.1. The monoisotopic (exact) mass is 343 g/mol. The first-order chi connectivity index (χ1) is 10.3. The number of alkyl halides is 1. The summed E-state index contributed by atoms with van der Waals surface area (Å²) in [6.07, 6.45) is 0.929. The highest BCUT2D eigenvalue weighted by molar-refractivity contribution is 9.09. The zero-order valence-electron chi connectivity index (χ0n) is 11.8. The predicted octanol–water partition coefficient (Wildman–Crippen LogP) is 3.60. The quantitative estimate of drug-likeness (QED) is 0.763. The molecule has 21 heavy (non-hydrogen) atoms. The van der Waals surface area contributed by atoms with Crippen molar-refractivity contribution < 1.29 is 4.79 Å². The fraction of sp³-hybridized carbons (Fsp3) is 0.278. The molecule has 1 heterocycles. The van der Waals surface area contributed by atoms with Gasteiger partial charge in [-0.1, -0.05) is 70.5 Å². The number of carbonyl (C=O) groups excluding carboxylic acids is 1. The molecule has 0 bridgehead atoms. The van der Waals surface area contributed by atoms with E-state index in [0.717, 1.165) is 19.5 Å². The molecule has 0 fully saturated rings. The molecule has 1 aliphatic rings. The molecule has 0 N–H and O–H groups in total. The number of nitrogens with zero attached hydrogens (tertiary/aromatic N) is 1. The van der Waals surface area contributed by atoms with Gasteiger partial charge >= 0.3 is 0 Å². The second-order valence-electron chi connectivity index (χ2n) is 5.39. The van der Waals surface area contributed by atoms with E-state index in [0.29, 0.717) is 5.33 Å². The van der Waals surface area contributed by atoms with Crippen LogP contribution in [0.15, 0.2) is 54.6 Å². The van der Waals surface area contributed by atoms with E-state index < -0.39 is 0 Å². The molecule has 1 amide bonds. The van der Waals surface area contributed by atoms with Gasteiger partial charge in [0.05, 0.1) is 5.33 Å². The summed E-state index contributed by atoms with van der Waals surface area (Å²) in [5.41, 5.74) is 3.99. The van der Waals surface area contributed by atoms with Crippen LogP contribution in [0.1, 0.15) is 22.6 Å². The maximum Gasteiger partial charge on any atom is 0.233 e. The van der Waals surface area contributed by atoms with E-state index in [9.17, 15) is 4.79 Å². The first-order valence-electron chi connectivity index (χ1n) is 7.26. The summed E-state index contributed by atoms with van der Waals surface area (Å²) in [5.74, 6) is 0.427. The Balaban J connectivity index is 2.02. The Bertz CT molecular complexity index is 626. The molecule has 2 nitrogen and oxygen atoms in total. The van der Waals surface area contributed by atoms with Crippen LogP contribution in [0.5, 0.6) is 0 Å². The molecule has 1 atom stereocenters. The van der Waals surface area contributed by atoms with E-state index in [1.807, 2.05) is 11.0 Å². The van der Waals surface area contributed by atoms with Gasteiger partial charge in [-0.25, -0.2) is 0 Å². The molecule has 0 saturated carbocycles. The van der Waals surface area contributed by atoms with Crippen molar-refractivity contribution in [2.75, 3.05) is 18.4 Å². The molecule has 0 saturated heterocycles. The van der Waals surface area contributed by atoms with Gasteiger partial charge < -0.3 is 4.90 Å². The van der Waals surface area contributed by atoms with Crippen molar-refractivity contribution >= 4 is 21.8 Å². The third-order valence-electron chi connectivity index (χ3n) is 4.15. The van der Waals surface area contributed by atoms with Crippen LogP contribution < -0.4 is 0 Å². The van der Waals surface area contributed by atoms with Crippen LogP contribution in [0.3, 0.4) is 0 Å². The van der Waals surface area contributed by atoms with Crippen LogP contribution in [0.4, 0.5) is 0 Å². The highest BCUT2D eigenvalue weighted by Crippen LogP contribution is 2.31. The Morgan fingerprint density at radius 1 is 1.10 bits per heavy atom. The summed E-state index contributed by atoms with van der Waals surface area (Å²) in [4.78, 5) is 14.1. The van der Waals surface area contributed by atoms with Crippen molar-refractivity contribution in [2.45, 2.75) is 12.3 Å². The minimum Gasteiger partial charge on any atom is -0.341 e. The van der Waals surface area contributed by atoms with Crippen molar-refractivity contribution in [1.29, 1.82) is 0 Å². The SMILES string of the molecule is O=C(CBr)N1CCc2ccccc2[C@@H](c2ccccc2)C1. The van der Waals surface area contributed by atoms with Crippen LogP contribution in [0.2, 0.25) is 0 Å². The Kier molecular flexibility index (Phi) is 4.39. The Labute approximate surface area is 133 Å². The minimum absolute atomic E-state index is 0.170. The summed E-state index contributed by atoms with van der Waals surface area (Å²) in [5, 5.41) is 0.394. The summed E-state index contributed by atoms with van der Waals surface area (Å²) >= 11 is 3.30. The average Bonchev–Trinajstić information content (AvgIpc) is 2.75. The van der Waals surface area contributed by atoms with Gasteiger partial charge in [0.1, 0.15) is 0 Å². The van der Waals surface area contributed by atoms with Crippen LogP contribution in [-0.2, 0) is 11.2 Å². The van der Waals surface area contributed by atoms with Gasteiger partial charge in [0.2, 0.25) is 5.91 Å². The third kappa shape index (κ3) is 3.03. The number of rotatable bonds is 2. The van der Waals surface area contributed by atoms with Crippen LogP contribution in [0, 0.1) is 0 Å². The van der Waals surface area contributed by atoms with Gasteiger partial charge in [0.15, 0.2) is 0 Å². The van der Waals surface area contributed by atoms with Crippen molar-refractivity contribution in [3.8, 4) is 0 Å². The zero-order chi connectivity index (χ0) is 14.7. The van der Waals surface area contributed by atoms with Crippen molar-refractivity contribution in [3.05, 3.63) is 71.3 Å². The predicted molar refractivity (Wildman–Crippen MR) is 88.8 cm³/mol. The molecular weight excluding hydrogens is 326 g/mol. The molecule has 3 heteroatoms. The van der Waals surface area contributed by atoms with Crippen molar-refractivity contribution in [1.82, 2.24) is 4.90 Å². The molecule has 108 valence electrons. The number of fused-ring (bicyclic) bond motifs is 1. The Morgan fingerprint density at radius 2 is 1.81 bits per heavy atom. The summed E-state index contributed by atoms with van der Waals surface area (Å²) in [6, 6.07) is 19.1. The van der Waals surface area contributed by atoms with Crippen LogP contribution in [-0.4, -0.2) is 29.2 Å². The van der Waals surface area contributed by atoms with Crippen LogP contribution >= 0.6 is 15.9 Å². The lowest BCUT2D eigenvalue weighted by atomic mass is 9.88. The lowest BCUT2D eigenvalue weighted by molar-refractivity contribution is -0.128. The summed E-state index contributed by atoms with van der Waals surface area (Å²) < 4.78 is 0. The Hall–Kier alpha value is -1.61. The lowest BCUT2D eigenvalue weighted by Crippen LogP contribution is -2.35. The van der Waals surface area contributed by atoms with Gasteiger partial charge in [0.25, 0.3) is 0 Å². The molecule has 3 rings (SSSR count). The standard InChI is InChI=1S/C18H18BrNO/c19-12-18(21)20-11-10-15-8-4-5-9-16(15)17(13-20)14-6-2-1-3-7-14/h1-9,17H,10-13H2/t17-/m1/s1. The Morgan fingerprint density at radius 3 is 2.57 bits per heavy atom.